The number of sulfonamides is 1. The molecule has 0 atom stereocenters. The highest BCUT2D eigenvalue weighted by molar-refractivity contribution is 7.91. The Morgan fingerprint density at radius 3 is 2.70 bits per heavy atom. The first-order valence-electron chi connectivity index (χ1n) is 8.72. The van der Waals surface area contributed by atoms with Gasteiger partial charge in [0.05, 0.1) is 6.54 Å². The Balaban J connectivity index is 1.81. The van der Waals surface area contributed by atoms with Crippen LogP contribution < -0.4 is 15.4 Å². The number of thiophene rings is 1. The van der Waals surface area contributed by atoms with Crippen molar-refractivity contribution in [1.29, 1.82) is 0 Å². The molecule has 1 aromatic heterocycles. The van der Waals surface area contributed by atoms with Crippen molar-refractivity contribution in [3.63, 3.8) is 0 Å². The topological polar surface area (TPSA) is 82.6 Å². The second-order valence-corrected chi connectivity index (χ2v) is 8.78. The summed E-state index contributed by atoms with van der Waals surface area (Å²) in [6.45, 7) is 5.71. The SMILES string of the molecule is CCNC(=NCCNS(=O)(=O)c1cccs1)NCCc1ccc(F)cc1C. The molecule has 3 N–H and O–H groups in total. The van der Waals surface area contributed by atoms with Crippen molar-refractivity contribution in [2.45, 2.75) is 24.5 Å². The highest BCUT2D eigenvalue weighted by atomic mass is 32.2. The number of aryl methyl sites for hydroxylation is 1. The maximum atomic E-state index is 13.2. The minimum absolute atomic E-state index is 0.216. The van der Waals surface area contributed by atoms with E-state index in [1.807, 2.05) is 13.8 Å². The summed E-state index contributed by atoms with van der Waals surface area (Å²) in [6, 6.07) is 8.04. The van der Waals surface area contributed by atoms with Gasteiger partial charge < -0.3 is 10.6 Å². The molecule has 2 aromatic rings. The first kappa shape index (κ1) is 21.3. The predicted molar refractivity (Wildman–Crippen MR) is 108 cm³/mol. The number of guanidine groups is 1. The number of benzene rings is 1. The van der Waals surface area contributed by atoms with Gasteiger partial charge in [0, 0.05) is 19.6 Å². The van der Waals surface area contributed by atoms with E-state index in [2.05, 4.69) is 20.3 Å². The lowest BCUT2D eigenvalue weighted by Crippen LogP contribution is -2.39. The molecule has 0 amide bonds. The molecule has 9 heteroatoms. The van der Waals surface area contributed by atoms with Gasteiger partial charge in [0.1, 0.15) is 10.0 Å². The molecule has 1 heterocycles. The van der Waals surface area contributed by atoms with Crippen LogP contribution in [0.5, 0.6) is 0 Å². The van der Waals surface area contributed by atoms with E-state index < -0.39 is 10.0 Å². The first-order valence-corrected chi connectivity index (χ1v) is 11.1. The van der Waals surface area contributed by atoms with Crippen LogP contribution >= 0.6 is 11.3 Å². The Kier molecular flexibility index (Phi) is 8.21. The molecule has 0 spiro atoms. The standard InChI is InChI=1S/C18H25FN4O2S2/c1-3-20-18(21-9-8-15-6-7-16(19)13-14(15)2)22-10-11-23-27(24,25)17-5-4-12-26-17/h4-7,12-13,23H,3,8-11H2,1-2H3,(H2,20,21,22). The number of rotatable bonds is 9. The van der Waals surface area contributed by atoms with Gasteiger partial charge in [0.2, 0.25) is 10.0 Å². The van der Waals surface area contributed by atoms with Gasteiger partial charge in [0.15, 0.2) is 5.96 Å². The van der Waals surface area contributed by atoms with Crippen molar-refractivity contribution < 1.29 is 12.8 Å². The summed E-state index contributed by atoms with van der Waals surface area (Å²) in [7, 11) is -3.46. The van der Waals surface area contributed by atoms with Crippen molar-refractivity contribution >= 4 is 27.3 Å². The van der Waals surface area contributed by atoms with E-state index >= 15 is 0 Å². The van der Waals surface area contributed by atoms with Crippen molar-refractivity contribution in [3.05, 3.63) is 52.7 Å². The molecule has 0 bridgehead atoms. The zero-order valence-electron chi connectivity index (χ0n) is 15.5. The van der Waals surface area contributed by atoms with Crippen LogP contribution in [0.25, 0.3) is 0 Å². The molecule has 0 aliphatic heterocycles. The number of hydrogen-bond acceptors (Lipinski definition) is 4. The normalized spacial score (nSPS) is 12.2. The Morgan fingerprint density at radius 1 is 1.22 bits per heavy atom. The number of hydrogen-bond donors (Lipinski definition) is 3. The number of aliphatic imine (C=N–C) groups is 1. The van der Waals surface area contributed by atoms with Crippen LogP contribution in [0, 0.1) is 12.7 Å². The van der Waals surface area contributed by atoms with Crippen LogP contribution in [0.1, 0.15) is 18.1 Å². The molecule has 0 saturated heterocycles. The predicted octanol–water partition coefficient (Wildman–Crippen LogP) is 2.27. The molecule has 1 aromatic carbocycles. The maximum Gasteiger partial charge on any atom is 0.250 e. The lowest BCUT2D eigenvalue weighted by molar-refractivity contribution is 0.584. The van der Waals surface area contributed by atoms with Crippen LogP contribution in [-0.4, -0.2) is 40.6 Å². The molecule has 6 nitrogen and oxygen atoms in total. The average Bonchev–Trinajstić information content (AvgIpc) is 3.16. The van der Waals surface area contributed by atoms with Gasteiger partial charge >= 0.3 is 0 Å². The summed E-state index contributed by atoms with van der Waals surface area (Å²) in [6.07, 6.45) is 0.738. The third-order valence-electron chi connectivity index (χ3n) is 3.77. The molecule has 0 unspecified atom stereocenters. The number of halogens is 1. The van der Waals surface area contributed by atoms with Crippen molar-refractivity contribution in [2.24, 2.45) is 4.99 Å². The number of nitrogens with zero attached hydrogens (tertiary/aromatic N) is 1. The van der Waals surface area contributed by atoms with Gasteiger partial charge in [-0.1, -0.05) is 12.1 Å². The van der Waals surface area contributed by atoms with Gasteiger partial charge in [-0.25, -0.2) is 17.5 Å². The molecule has 148 valence electrons. The molecule has 27 heavy (non-hydrogen) atoms. The minimum Gasteiger partial charge on any atom is -0.357 e. The average molecular weight is 413 g/mol. The van der Waals surface area contributed by atoms with Crippen molar-refractivity contribution in [1.82, 2.24) is 15.4 Å². The van der Waals surface area contributed by atoms with Crippen LogP contribution in [0.3, 0.4) is 0 Å². The Bertz CT molecular complexity index is 852. The monoisotopic (exact) mass is 412 g/mol. The van der Waals surface area contributed by atoms with E-state index in [1.165, 1.54) is 23.5 Å². The zero-order chi connectivity index (χ0) is 19.7. The number of nitrogens with one attached hydrogen (secondary N) is 3. The fourth-order valence-electron chi connectivity index (χ4n) is 2.43. The van der Waals surface area contributed by atoms with Gasteiger partial charge in [-0.15, -0.1) is 11.3 Å². The Hall–Kier alpha value is -1.97. The summed E-state index contributed by atoms with van der Waals surface area (Å²) in [4.78, 5) is 4.38. The van der Waals surface area contributed by atoms with Gasteiger partial charge in [-0.05, 0) is 55.0 Å². The second kappa shape index (κ2) is 10.4. The Labute approximate surface area is 164 Å². The molecule has 0 radical (unpaired) electrons. The van der Waals surface area contributed by atoms with E-state index in [1.54, 1.807) is 23.6 Å². The van der Waals surface area contributed by atoms with Crippen LogP contribution in [0.2, 0.25) is 0 Å². The van der Waals surface area contributed by atoms with E-state index in [0.29, 0.717) is 29.8 Å². The molecule has 0 saturated carbocycles. The van der Waals surface area contributed by atoms with Crippen molar-refractivity contribution in [2.75, 3.05) is 26.2 Å². The summed E-state index contributed by atoms with van der Waals surface area (Å²) in [5.41, 5.74) is 1.99. The summed E-state index contributed by atoms with van der Waals surface area (Å²) in [5.74, 6) is 0.386. The van der Waals surface area contributed by atoms with Gasteiger partial charge in [-0.2, -0.15) is 0 Å². The van der Waals surface area contributed by atoms with Crippen LogP contribution in [0.4, 0.5) is 4.39 Å². The fourth-order valence-corrected chi connectivity index (χ4v) is 4.49. The highest BCUT2D eigenvalue weighted by Crippen LogP contribution is 2.14. The largest absolute Gasteiger partial charge is 0.357 e. The van der Waals surface area contributed by atoms with E-state index in [0.717, 1.165) is 17.5 Å². The third kappa shape index (κ3) is 6.93. The van der Waals surface area contributed by atoms with E-state index in [4.69, 9.17) is 0 Å². The Morgan fingerprint density at radius 2 is 2.04 bits per heavy atom. The van der Waals surface area contributed by atoms with Crippen molar-refractivity contribution in [3.8, 4) is 0 Å². The highest BCUT2D eigenvalue weighted by Gasteiger charge is 2.13. The van der Waals surface area contributed by atoms with Crippen LogP contribution in [0.15, 0.2) is 44.9 Å². The molecular formula is C18H25FN4O2S2. The third-order valence-corrected chi connectivity index (χ3v) is 6.63. The maximum absolute atomic E-state index is 13.2. The zero-order valence-corrected chi connectivity index (χ0v) is 17.1. The molecule has 0 aliphatic carbocycles. The molecular weight excluding hydrogens is 387 g/mol. The second-order valence-electron chi connectivity index (χ2n) is 5.84. The summed E-state index contributed by atoms with van der Waals surface area (Å²) >= 11 is 1.18. The summed E-state index contributed by atoms with van der Waals surface area (Å²) in [5, 5.41) is 8.05. The first-order chi connectivity index (χ1) is 12.9. The molecule has 0 fully saturated rings. The van der Waals surface area contributed by atoms with Crippen LogP contribution in [-0.2, 0) is 16.4 Å². The lowest BCUT2D eigenvalue weighted by atomic mass is 10.1. The minimum atomic E-state index is -3.46. The lowest BCUT2D eigenvalue weighted by Gasteiger charge is -2.12. The van der Waals surface area contributed by atoms with E-state index in [9.17, 15) is 12.8 Å². The summed E-state index contributed by atoms with van der Waals surface area (Å²) < 4.78 is 40.1. The quantitative estimate of drug-likeness (QED) is 0.335. The van der Waals surface area contributed by atoms with Gasteiger partial charge in [0.25, 0.3) is 0 Å². The van der Waals surface area contributed by atoms with E-state index in [-0.39, 0.29) is 12.4 Å². The smallest absolute Gasteiger partial charge is 0.250 e. The molecule has 2 rings (SSSR count). The fraction of sp³-hybridized carbons (Fsp3) is 0.389. The molecule has 0 aliphatic rings. The van der Waals surface area contributed by atoms with Gasteiger partial charge in [-0.3, -0.25) is 4.99 Å².